The van der Waals surface area contributed by atoms with E-state index in [1.807, 2.05) is 0 Å². The van der Waals surface area contributed by atoms with Crippen molar-refractivity contribution >= 4 is 0 Å². The van der Waals surface area contributed by atoms with Gasteiger partial charge in [-0.15, -0.1) is 0 Å². The molecule has 0 radical (unpaired) electrons. The van der Waals surface area contributed by atoms with Crippen LogP contribution in [0.3, 0.4) is 0 Å². The normalized spacial score (nSPS) is 18.6. The number of fused-ring (bicyclic) bond motifs is 1. The van der Waals surface area contributed by atoms with Gasteiger partial charge in [0.15, 0.2) is 0 Å². The van der Waals surface area contributed by atoms with E-state index in [-0.39, 0.29) is 6.04 Å². The average Bonchev–Trinajstić information content (AvgIpc) is 2.43. The Balaban J connectivity index is 1.74. The predicted octanol–water partition coefficient (Wildman–Crippen LogP) is 1.51. The van der Waals surface area contributed by atoms with Gasteiger partial charge in [-0.3, -0.25) is 0 Å². The Morgan fingerprint density at radius 1 is 1.28 bits per heavy atom. The molecule has 0 aromatic heterocycles. The van der Waals surface area contributed by atoms with E-state index in [2.05, 4.69) is 29.6 Å². The number of rotatable bonds is 7. The summed E-state index contributed by atoms with van der Waals surface area (Å²) in [5.74, 6) is 0. The molecule has 0 saturated heterocycles. The van der Waals surface area contributed by atoms with Gasteiger partial charge in [-0.1, -0.05) is 24.3 Å². The molecule has 18 heavy (non-hydrogen) atoms. The van der Waals surface area contributed by atoms with Crippen molar-refractivity contribution in [2.45, 2.75) is 12.6 Å². The quantitative estimate of drug-likeness (QED) is 0.746. The molecule has 1 N–H and O–H groups in total. The van der Waals surface area contributed by atoms with Crippen LogP contribution in [0.2, 0.25) is 0 Å². The molecule has 4 nitrogen and oxygen atoms in total. The standard InChI is InChI=1S/C14H21NO3/c1-16-8-9-17-7-6-15-14-11-18-10-12-4-2-3-5-13(12)14/h2-5,14-15H,6-11H2,1H3. The van der Waals surface area contributed by atoms with Crippen LogP contribution in [0.15, 0.2) is 24.3 Å². The van der Waals surface area contributed by atoms with Crippen molar-refractivity contribution in [3.8, 4) is 0 Å². The molecule has 1 aromatic rings. The molecule has 0 amide bonds. The molecule has 4 heteroatoms. The van der Waals surface area contributed by atoms with Gasteiger partial charge in [0, 0.05) is 13.7 Å². The maximum absolute atomic E-state index is 5.58. The van der Waals surface area contributed by atoms with Gasteiger partial charge >= 0.3 is 0 Å². The Labute approximate surface area is 108 Å². The smallest absolute Gasteiger partial charge is 0.0721 e. The molecule has 1 unspecified atom stereocenters. The molecule has 0 fully saturated rings. The second-order valence-electron chi connectivity index (χ2n) is 4.33. The van der Waals surface area contributed by atoms with Gasteiger partial charge in [0.25, 0.3) is 0 Å². The summed E-state index contributed by atoms with van der Waals surface area (Å²) in [7, 11) is 1.68. The van der Waals surface area contributed by atoms with E-state index in [4.69, 9.17) is 14.2 Å². The summed E-state index contributed by atoms with van der Waals surface area (Å²) in [4.78, 5) is 0. The van der Waals surface area contributed by atoms with E-state index in [0.717, 1.165) is 19.8 Å². The largest absolute Gasteiger partial charge is 0.382 e. The van der Waals surface area contributed by atoms with E-state index in [1.165, 1.54) is 11.1 Å². The summed E-state index contributed by atoms with van der Waals surface area (Å²) >= 11 is 0. The Hall–Kier alpha value is -0.940. The number of methoxy groups -OCH3 is 1. The number of ether oxygens (including phenoxy) is 3. The second kappa shape index (κ2) is 7.48. The van der Waals surface area contributed by atoms with Crippen molar-refractivity contribution in [2.24, 2.45) is 0 Å². The fourth-order valence-corrected chi connectivity index (χ4v) is 2.10. The molecular weight excluding hydrogens is 230 g/mol. The van der Waals surface area contributed by atoms with E-state index in [0.29, 0.717) is 19.8 Å². The highest BCUT2D eigenvalue weighted by molar-refractivity contribution is 5.30. The van der Waals surface area contributed by atoms with Crippen LogP contribution >= 0.6 is 0 Å². The fourth-order valence-electron chi connectivity index (χ4n) is 2.10. The first-order valence-corrected chi connectivity index (χ1v) is 6.37. The van der Waals surface area contributed by atoms with E-state index >= 15 is 0 Å². The first kappa shape index (κ1) is 13.5. The zero-order valence-corrected chi connectivity index (χ0v) is 10.9. The van der Waals surface area contributed by atoms with Gasteiger partial charge in [-0.05, 0) is 11.1 Å². The highest BCUT2D eigenvalue weighted by Gasteiger charge is 2.19. The third-order valence-electron chi connectivity index (χ3n) is 3.04. The van der Waals surface area contributed by atoms with Gasteiger partial charge in [-0.2, -0.15) is 0 Å². The van der Waals surface area contributed by atoms with Crippen LogP contribution in [0.5, 0.6) is 0 Å². The summed E-state index contributed by atoms with van der Waals surface area (Å²) < 4.78 is 15.9. The lowest BCUT2D eigenvalue weighted by molar-refractivity contribution is 0.0606. The Bertz CT molecular complexity index is 357. The van der Waals surface area contributed by atoms with Crippen LogP contribution in [-0.2, 0) is 20.8 Å². The monoisotopic (exact) mass is 251 g/mol. The summed E-state index contributed by atoms with van der Waals surface area (Å²) in [6.07, 6.45) is 0. The molecular formula is C14H21NO3. The van der Waals surface area contributed by atoms with Crippen molar-refractivity contribution < 1.29 is 14.2 Å². The first-order chi connectivity index (χ1) is 8.92. The van der Waals surface area contributed by atoms with Crippen LogP contribution in [0.25, 0.3) is 0 Å². The Morgan fingerprint density at radius 2 is 2.17 bits per heavy atom. The van der Waals surface area contributed by atoms with Crippen molar-refractivity contribution in [1.29, 1.82) is 0 Å². The van der Waals surface area contributed by atoms with E-state index in [1.54, 1.807) is 7.11 Å². The molecule has 0 aliphatic carbocycles. The molecule has 1 aliphatic heterocycles. The summed E-state index contributed by atoms with van der Waals surface area (Å²) in [5, 5.41) is 3.46. The number of benzene rings is 1. The molecule has 2 rings (SSSR count). The summed E-state index contributed by atoms with van der Waals surface area (Å²) in [6.45, 7) is 4.27. The number of hydrogen-bond donors (Lipinski definition) is 1. The van der Waals surface area contributed by atoms with Crippen LogP contribution in [0.4, 0.5) is 0 Å². The average molecular weight is 251 g/mol. The lowest BCUT2D eigenvalue weighted by Crippen LogP contribution is -2.32. The molecule has 0 bridgehead atoms. The molecule has 1 heterocycles. The van der Waals surface area contributed by atoms with Crippen molar-refractivity contribution in [1.82, 2.24) is 5.32 Å². The van der Waals surface area contributed by atoms with Crippen molar-refractivity contribution in [3.05, 3.63) is 35.4 Å². The second-order valence-corrected chi connectivity index (χ2v) is 4.33. The Morgan fingerprint density at radius 3 is 3.06 bits per heavy atom. The molecule has 100 valence electrons. The lowest BCUT2D eigenvalue weighted by Gasteiger charge is -2.26. The van der Waals surface area contributed by atoms with Gasteiger partial charge < -0.3 is 19.5 Å². The molecule has 1 aromatic carbocycles. The van der Waals surface area contributed by atoms with E-state index < -0.39 is 0 Å². The SMILES string of the molecule is COCCOCCNC1COCc2ccccc21. The third-order valence-corrected chi connectivity index (χ3v) is 3.04. The summed E-state index contributed by atoms with van der Waals surface area (Å²) in [6, 6.07) is 8.70. The van der Waals surface area contributed by atoms with Crippen LogP contribution in [-0.4, -0.2) is 40.1 Å². The highest BCUT2D eigenvalue weighted by atomic mass is 16.5. The Kier molecular flexibility index (Phi) is 5.61. The predicted molar refractivity (Wildman–Crippen MR) is 69.5 cm³/mol. The van der Waals surface area contributed by atoms with Gasteiger partial charge in [-0.25, -0.2) is 0 Å². The fraction of sp³-hybridized carbons (Fsp3) is 0.571. The minimum atomic E-state index is 0.279. The van der Waals surface area contributed by atoms with Crippen molar-refractivity contribution in [3.63, 3.8) is 0 Å². The van der Waals surface area contributed by atoms with Crippen LogP contribution in [0, 0.1) is 0 Å². The zero-order valence-electron chi connectivity index (χ0n) is 10.9. The topological polar surface area (TPSA) is 39.7 Å². The maximum atomic E-state index is 5.58. The molecule has 0 spiro atoms. The van der Waals surface area contributed by atoms with E-state index in [9.17, 15) is 0 Å². The number of hydrogen-bond acceptors (Lipinski definition) is 4. The highest BCUT2D eigenvalue weighted by Crippen LogP contribution is 2.23. The van der Waals surface area contributed by atoms with Crippen molar-refractivity contribution in [2.75, 3.05) is 40.1 Å². The molecule has 0 saturated carbocycles. The van der Waals surface area contributed by atoms with Crippen LogP contribution < -0.4 is 5.32 Å². The van der Waals surface area contributed by atoms with Gasteiger partial charge in [0.05, 0.1) is 39.1 Å². The van der Waals surface area contributed by atoms with Gasteiger partial charge in [0.2, 0.25) is 0 Å². The zero-order chi connectivity index (χ0) is 12.6. The third kappa shape index (κ3) is 3.78. The maximum Gasteiger partial charge on any atom is 0.0721 e. The minimum Gasteiger partial charge on any atom is -0.382 e. The number of nitrogens with one attached hydrogen (secondary N) is 1. The first-order valence-electron chi connectivity index (χ1n) is 6.37. The molecule has 1 atom stereocenters. The molecule has 1 aliphatic rings. The summed E-state index contributed by atoms with van der Waals surface area (Å²) in [5.41, 5.74) is 2.63. The lowest BCUT2D eigenvalue weighted by atomic mass is 9.99. The van der Waals surface area contributed by atoms with Crippen LogP contribution in [0.1, 0.15) is 17.2 Å². The minimum absolute atomic E-state index is 0.279. The van der Waals surface area contributed by atoms with Gasteiger partial charge in [0.1, 0.15) is 0 Å².